The Balaban J connectivity index is 1.41. The summed E-state index contributed by atoms with van der Waals surface area (Å²) >= 11 is 0. The van der Waals surface area contributed by atoms with Crippen molar-refractivity contribution in [3.05, 3.63) is 109 Å². The first-order chi connectivity index (χ1) is 21.8. The van der Waals surface area contributed by atoms with Crippen LogP contribution in [0.2, 0.25) is 0 Å². The molecule has 0 N–H and O–H groups in total. The molecule has 0 radical (unpaired) electrons. The number of unbranched alkanes of at least 4 members (excludes halogenated alkanes) is 2. The third-order valence-corrected chi connectivity index (χ3v) is 6.18. The molecule has 0 spiro atoms. The molecule has 0 fully saturated rings. The van der Waals surface area contributed by atoms with Crippen molar-refractivity contribution in [3.8, 4) is 23.0 Å². The van der Waals surface area contributed by atoms with Crippen LogP contribution in [-0.4, -0.2) is 50.3 Å². The summed E-state index contributed by atoms with van der Waals surface area (Å²) in [4.78, 5) is 47.4. The van der Waals surface area contributed by atoms with Crippen molar-refractivity contribution in [2.45, 2.75) is 32.6 Å². The Kier molecular flexibility index (Phi) is 13.9. The molecule has 0 saturated carbocycles. The summed E-state index contributed by atoms with van der Waals surface area (Å²) in [6.45, 7) is 9.89. The van der Waals surface area contributed by atoms with E-state index >= 15 is 0 Å². The molecule has 10 heteroatoms. The number of carbonyl (C=O) groups is 4. The highest BCUT2D eigenvalue weighted by Gasteiger charge is 2.14. The molecule has 0 atom stereocenters. The van der Waals surface area contributed by atoms with Gasteiger partial charge in [0.25, 0.3) is 0 Å². The van der Waals surface area contributed by atoms with Crippen LogP contribution in [0, 0.1) is 6.92 Å². The summed E-state index contributed by atoms with van der Waals surface area (Å²) in [7, 11) is 0. The van der Waals surface area contributed by atoms with E-state index in [1.54, 1.807) is 73.7 Å². The van der Waals surface area contributed by atoms with E-state index in [2.05, 4.69) is 13.2 Å². The normalized spacial score (nSPS) is 10.2. The van der Waals surface area contributed by atoms with Gasteiger partial charge in [0.05, 0.1) is 37.6 Å². The van der Waals surface area contributed by atoms with Gasteiger partial charge in [0.15, 0.2) is 0 Å². The van der Waals surface area contributed by atoms with Gasteiger partial charge in [0, 0.05) is 12.2 Å². The number of hydrogen-bond donors (Lipinski definition) is 0. The molecule has 10 nitrogen and oxygen atoms in total. The standard InChI is InChI=1S/C35H36O10/c1-4-32(36)42-22-8-6-20-40-28-14-10-26(11-15-28)34(38)44-30-18-19-31(25(3)24-30)45-35(39)27-12-16-29(17-13-27)41-21-7-9-23-43-33(37)5-2/h4-5,10-19,24H,1-2,6-9,20-23H2,3H3. The number of ether oxygens (including phenoxy) is 6. The maximum Gasteiger partial charge on any atom is 0.343 e. The molecular weight excluding hydrogens is 580 g/mol. The number of benzene rings is 3. The zero-order valence-electron chi connectivity index (χ0n) is 25.2. The quantitative estimate of drug-likeness (QED) is 0.0705. The predicted molar refractivity (Wildman–Crippen MR) is 166 cm³/mol. The van der Waals surface area contributed by atoms with Crippen LogP contribution in [-0.2, 0) is 19.1 Å². The fourth-order valence-electron chi connectivity index (χ4n) is 3.75. The summed E-state index contributed by atoms with van der Waals surface area (Å²) in [5.41, 5.74) is 1.29. The lowest BCUT2D eigenvalue weighted by Crippen LogP contribution is -2.11. The second kappa shape index (κ2) is 18.3. The Morgan fingerprint density at radius 3 is 1.44 bits per heavy atom. The number of aryl methyl sites for hydroxylation is 1. The highest BCUT2D eigenvalue weighted by Crippen LogP contribution is 2.26. The maximum atomic E-state index is 12.7. The topological polar surface area (TPSA) is 124 Å². The fraction of sp³-hybridized carbons (Fsp3) is 0.257. The second-order valence-corrected chi connectivity index (χ2v) is 9.61. The van der Waals surface area contributed by atoms with Crippen LogP contribution >= 0.6 is 0 Å². The number of rotatable bonds is 18. The number of carbonyl (C=O) groups excluding carboxylic acids is 4. The van der Waals surface area contributed by atoms with Crippen LogP contribution in [0.15, 0.2) is 92.0 Å². The SMILES string of the molecule is C=CC(=O)OCCCCOc1ccc(C(=O)Oc2ccc(OC(=O)c3ccc(OCCCCOC(=O)C=C)cc3)c(C)c2)cc1. The molecule has 0 amide bonds. The molecule has 0 aliphatic heterocycles. The van der Waals surface area contributed by atoms with Crippen molar-refractivity contribution in [2.75, 3.05) is 26.4 Å². The Morgan fingerprint density at radius 1 is 0.578 bits per heavy atom. The monoisotopic (exact) mass is 616 g/mol. The molecule has 0 heterocycles. The van der Waals surface area contributed by atoms with Gasteiger partial charge in [-0.05, 0) is 105 Å². The molecule has 0 aliphatic rings. The first-order valence-corrected chi connectivity index (χ1v) is 14.4. The van der Waals surface area contributed by atoms with Gasteiger partial charge >= 0.3 is 23.9 Å². The average molecular weight is 617 g/mol. The van der Waals surface area contributed by atoms with E-state index in [0.29, 0.717) is 91.8 Å². The second-order valence-electron chi connectivity index (χ2n) is 9.61. The summed E-state index contributed by atoms with van der Waals surface area (Å²) in [5, 5.41) is 0. The van der Waals surface area contributed by atoms with E-state index < -0.39 is 23.9 Å². The smallest absolute Gasteiger partial charge is 0.343 e. The molecule has 0 unspecified atom stereocenters. The molecule has 0 aromatic heterocycles. The van der Waals surface area contributed by atoms with Crippen molar-refractivity contribution >= 4 is 23.9 Å². The van der Waals surface area contributed by atoms with E-state index in [1.165, 1.54) is 0 Å². The highest BCUT2D eigenvalue weighted by atomic mass is 16.5. The Labute approximate surface area is 262 Å². The van der Waals surface area contributed by atoms with Gasteiger partial charge in [0.2, 0.25) is 0 Å². The van der Waals surface area contributed by atoms with Gasteiger partial charge in [0.1, 0.15) is 23.0 Å². The van der Waals surface area contributed by atoms with Crippen LogP contribution in [0.1, 0.15) is 52.0 Å². The van der Waals surface area contributed by atoms with Crippen molar-refractivity contribution in [3.63, 3.8) is 0 Å². The van der Waals surface area contributed by atoms with Crippen molar-refractivity contribution in [1.29, 1.82) is 0 Å². The van der Waals surface area contributed by atoms with Crippen LogP contribution in [0.4, 0.5) is 0 Å². The molecule has 3 rings (SSSR count). The minimum atomic E-state index is -0.548. The summed E-state index contributed by atoms with van der Waals surface area (Å²) in [6, 6.07) is 17.8. The lowest BCUT2D eigenvalue weighted by atomic mass is 10.2. The largest absolute Gasteiger partial charge is 0.494 e. The first-order valence-electron chi connectivity index (χ1n) is 14.4. The number of esters is 4. The molecule has 3 aromatic carbocycles. The third-order valence-electron chi connectivity index (χ3n) is 6.18. The van der Waals surface area contributed by atoms with E-state index in [1.807, 2.05) is 0 Å². The minimum Gasteiger partial charge on any atom is -0.494 e. The van der Waals surface area contributed by atoms with Crippen LogP contribution < -0.4 is 18.9 Å². The van der Waals surface area contributed by atoms with Gasteiger partial charge < -0.3 is 28.4 Å². The van der Waals surface area contributed by atoms with E-state index in [4.69, 9.17) is 28.4 Å². The Hall–Kier alpha value is -5.38. The predicted octanol–water partition coefficient (Wildman–Crippen LogP) is 6.21. The lowest BCUT2D eigenvalue weighted by molar-refractivity contribution is -0.138. The third kappa shape index (κ3) is 12.0. The van der Waals surface area contributed by atoms with Gasteiger partial charge in [-0.25, -0.2) is 19.2 Å². The van der Waals surface area contributed by atoms with Crippen LogP contribution in [0.5, 0.6) is 23.0 Å². The van der Waals surface area contributed by atoms with Gasteiger partial charge in [-0.15, -0.1) is 0 Å². The minimum absolute atomic E-state index is 0.299. The van der Waals surface area contributed by atoms with Gasteiger partial charge in [-0.2, -0.15) is 0 Å². The van der Waals surface area contributed by atoms with E-state index in [9.17, 15) is 19.2 Å². The van der Waals surface area contributed by atoms with E-state index in [-0.39, 0.29) is 0 Å². The summed E-state index contributed by atoms with van der Waals surface area (Å²) < 4.78 is 32.2. The van der Waals surface area contributed by atoms with Crippen molar-refractivity contribution in [2.24, 2.45) is 0 Å². The molecule has 0 saturated heterocycles. The zero-order valence-corrected chi connectivity index (χ0v) is 25.2. The molecule has 0 aliphatic carbocycles. The number of hydrogen-bond acceptors (Lipinski definition) is 10. The Bertz CT molecular complexity index is 1460. The van der Waals surface area contributed by atoms with Crippen LogP contribution in [0.25, 0.3) is 0 Å². The zero-order chi connectivity index (χ0) is 32.4. The van der Waals surface area contributed by atoms with E-state index in [0.717, 1.165) is 12.2 Å². The highest BCUT2D eigenvalue weighted by molar-refractivity contribution is 5.92. The fourth-order valence-corrected chi connectivity index (χ4v) is 3.75. The van der Waals surface area contributed by atoms with Crippen molar-refractivity contribution < 1.29 is 47.6 Å². The molecule has 236 valence electrons. The first kappa shape index (κ1) is 34.1. The van der Waals surface area contributed by atoms with Gasteiger partial charge in [-0.3, -0.25) is 0 Å². The molecule has 0 bridgehead atoms. The van der Waals surface area contributed by atoms with Crippen molar-refractivity contribution in [1.82, 2.24) is 0 Å². The Morgan fingerprint density at radius 2 is 1.00 bits per heavy atom. The summed E-state index contributed by atoms with van der Waals surface area (Å²) in [5.74, 6) is -0.166. The maximum absolute atomic E-state index is 12.7. The van der Waals surface area contributed by atoms with Crippen LogP contribution in [0.3, 0.4) is 0 Å². The van der Waals surface area contributed by atoms with Gasteiger partial charge in [-0.1, -0.05) is 13.2 Å². The average Bonchev–Trinajstić information content (AvgIpc) is 3.05. The molecule has 3 aromatic rings. The lowest BCUT2D eigenvalue weighted by Gasteiger charge is -2.11. The molecular formula is C35H36O10. The molecule has 45 heavy (non-hydrogen) atoms. The summed E-state index contributed by atoms with van der Waals surface area (Å²) in [6.07, 6.45) is 4.95.